The summed E-state index contributed by atoms with van der Waals surface area (Å²) in [6.07, 6.45) is 8.22. The van der Waals surface area contributed by atoms with Crippen LogP contribution >= 0.6 is 22.9 Å². The number of thiazole rings is 1. The minimum absolute atomic E-state index is 0.143. The molecule has 1 saturated carbocycles. The molecule has 48 heavy (non-hydrogen) atoms. The molecule has 2 amide bonds. The van der Waals surface area contributed by atoms with Gasteiger partial charge in [-0.3, -0.25) is 9.59 Å². The number of carboxylic acids is 1. The van der Waals surface area contributed by atoms with Gasteiger partial charge < -0.3 is 24.8 Å². The highest BCUT2D eigenvalue weighted by Gasteiger charge is 2.61. The Kier molecular flexibility index (Phi) is 9.47. The van der Waals surface area contributed by atoms with Gasteiger partial charge >= 0.3 is 5.97 Å². The lowest BCUT2D eigenvalue weighted by Gasteiger charge is -2.33. The van der Waals surface area contributed by atoms with Gasteiger partial charge in [0.1, 0.15) is 44.9 Å². The van der Waals surface area contributed by atoms with Crippen LogP contribution in [-0.4, -0.2) is 69.1 Å². The number of carboxylic acid groups (broad SMARTS) is 1. The molecule has 2 aliphatic heterocycles. The number of nitrogens with zero attached hydrogens (tertiary/aromatic N) is 3. The maximum Gasteiger partial charge on any atom is 0.330 e. The number of aliphatic carboxylic acids is 1. The Bertz CT molecular complexity index is 1770. The average Bonchev–Trinajstić information content (AvgIpc) is 3.36. The summed E-state index contributed by atoms with van der Waals surface area (Å²) in [6, 6.07) is 4.52. The fourth-order valence-electron chi connectivity index (χ4n) is 6.81. The number of methoxy groups -OCH3 is 1. The van der Waals surface area contributed by atoms with Gasteiger partial charge in [0.15, 0.2) is 0 Å². The third-order valence-electron chi connectivity index (χ3n) is 9.88. The molecular formula is C36H43ClN4O6S. The Hall–Kier alpha value is -3.70. The van der Waals surface area contributed by atoms with E-state index in [0.29, 0.717) is 51.0 Å². The van der Waals surface area contributed by atoms with Gasteiger partial charge in [-0.05, 0) is 43.7 Å². The van der Waals surface area contributed by atoms with Crippen molar-refractivity contribution in [1.29, 1.82) is 0 Å². The smallest absolute Gasteiger partial charge is 0.330 e. The van der Waals surface area contributed by atoms with Gasteiger partial charge in [0, 0.05) is 34.6 Å². The fraction of sp³-hybridized carbons (Fsp3) is 0.528. The van der Waals surface area contributed by atoms with Crippen LogP contribution in [0.4, 0.5) is 0 Å². The molecule has 1 aliphatic carbocycles. The van der Waals surface area contributed by atoms with E-state index in [-0.39, 0.29) is 30.7 Å². The number of carbonyl (C=O) groups excluding carboxylic acids is 2. The zero-order valence-corrected chi connectivity index (χ0v) is 29.6. The molecule has 256 valence electrons. The number of ether oxygens (including phenoxy) is 2. The first kappa shape index (κ1) is 34.2. The van der Waals surface area contributed by atoms with Crippen LogP contribution < -0.4 is 14.8 Å². The average molecular weight is 695 g/mol. The molecule has 1 aromatic carbocycles. The lowest BCUT2D eigenvalue weighted by atomic mass is 9.85. The third-order valence-corrected chi connectivity index (χ3v) is 11.1. The van der Waals surface area contributed by atoms with Crippen molar-refractivity contribution in [1.82, 2.24) is 20.2 Å². The number of aromatic nitrogens is 2. The second-order valence-electron chi connectivity index (χ2n) is 14.2. The first-order valence-corrected chi connectivity index (χ1v) is 17.9. The van der Waals surface area contributed by atoms with E-state index in [1.54, 1.807) is 18.1 Å². The SMILES string of the molecule is COc1ccc2c(OC3CC4C(=O)NC5(C(=O)O)CC5C=CCCCCCC(C)(C)C(=O)N4C3)cc(-c3nc(C(C)C)cs3)nc2c1Cl. The van der Waals surface area contributed by atoms with Gasteiger partial charge in [-0.1, -0.05) is 64.3 Å². The number of hydrogen-bond donors (Lipinski definition) is 2. The van der Waals surface area contributed by atoms with Crippen LogP contribution in [0.1, 0.15) is 84.3 Å². The van der Waals surface area contributed by atoms with Crippen LogP contribution in [0.15, 0.2) is 35.7 Å². The first-order valence-electron chi connectivity index (χ1n) is 16.7. The highest BCUT2D eigenvalue weighted by molar-refractivity contribution is 7.13. The molecule has 0 spiro atoms. The molecular weight excluding hydrogens is 652 g/mol. The molecule has 4 heterocycles. The van der Waals surface area contributed by atoms with Crippen molar-refractivity contribution in [3.05, 3.63) is 46.4 Å². The summed E-state index contributed by atoms with van der Waals surface area (Å²) in [5.74, 6) is -0.762. The molecule has 3 aliphatic rings. The summed E-state index contributed by atoms with van der Waals surface area (Å²) in [5.41, 5.74) is -0.0513. The van der Waals surface area contributed by atoms with Crippen LogP contribution in [0.3, 0.4) is 0 Å². The van der Waals surface area contributed by atoms with Gasteiger partial charge in [0.25, 0.3) is 0 Å². The molecule has 0 radical (unpaired) electrons. The van der Waals surface area contributed by atoms with E-state index in [1.165, 1.54) is 11.3 Å². The Labute approximate surface area is 289 Å². The van der Waals surface area contributed by atoms with Crippen LogP contribution in [0.5, 0.6) is 11.5 Å². The van der Waals surface area contributed by atoms with E-state index in [4.69, 9.17) is 31.0 Å². The Balaban J connectivity index is 1.36. The highest BCUT2D eigenvalue weighted by Crippen LogP contribution is 2.46. The second-order valence-corrected chi connectivity index (χ2v) is 15.4. The molecule has 3 aromatic rings. The Morgan fingerprint density at radius 1 is 1.17 bits per heavy atom. The normalized spacial score (nSPS) is 26.0. The summed E-state index contributed by atoms with van der Waals surface area (Å²) in [5, 5.41) is 16.7. The maximum atomic E-state index is 14.2. The Morgan fingerprint density at radius 2 is 1.96 bits per heavy atom. The number of allylic oxidation sites excluding steroid dienone is 1. The van der Waals surface area contributed by atoms with E-state index in [0.717, 1.165) is 31.4 Å². The molecule has 6 rings (SSSR count). The van der Waals surface area contributed by atoms with Gasteiger partial charge in [0.05, 0.1) is 24.9 Å². The van der Waals surface area contributed by atoms with Crippen LogP contribution in [0.2, 0.25) is 5.02 Å². The molecule has 12 heteroatoms. The zero-order valence-electron chi connectivity index (χ0n) is 28.0. The number of pyridine rings is 1. The summed E-state index contributed by atoms with van der Waals surface area (Å²) >= 11 is 8.26. The lowest BCUT2D eigenvalue weighted by molar-refractivity contribution is -0.148. The van der Waals surface area contributed by atoms with Gasteiger partial charge in [0.2, 0.25) is 11.8 Å². The quantitative estimate of drug-likeness (QED) is 0.264. The molecule has 2 N–H and O–H groups in total. The highest BCUT2D eigenvalue weighted by atomic mass is 35.5. The minimum atomic E-state index is -1.37. The molecule has 4 unspecified atom stereocenters. The third kappa shape index (κ3) is 6.51. The minimum Gasteiger partial charge on any atom is -0.495 e. The molecule has 2 aromatic heterocycles. The van der Waals surface area contributed by atoms with Crippen molar-refractivity contribution in [3.8, 4) is 22.2 Å². The van der Waals surface area contributed by atoms with Crippen molar-refractivity contribution < 1.29 is 29.0 Å². The van der Waals surface area contributed by atoms with Crippen LogP contribution in [0, 0.1) is 11.3 Å². The van der Waals surface area contributed by atoms with Crippen LogP contribution in [0.25, 0.3) is 21.6 Å². The van der Waals surface area contributed by atoms with Gasteiger partial charge in [-0.15, -0.1) is 11.3 Å². The second kappa shape index (κ2) is 13.3. The monoisotopic (exact) mass is 694 g/mol. The largest absolute Gasteiger partial charge is 0.495 e. The summed E-state index contributed by atoms with van der Waals surface area (Å²) in [6.45, 7) is 8.17. The summed E-state index contributed by atoms with van der Waals surface area (Å²) < 4.78 is 12.2. The topological polar surface area (TPSA) is 131 Å². The summed E-state index contributed by atoms with van der Waals surface area (Å²) in [7, 11) is 1.54. The standard InChI is InChI=1S/C36H43ClN4O6S/c1-20(2)25-19-48-32(39-25)24-16-28(23-12-13-27(46-5)29(37)30(23)38-24)47-22-15-26-31(42)40-36(34(44)45)17-21(36)11-9-7-6-8-10-14-35(3,4)33(43)41(26)18-22/h9,11-13,16,19-22,26H,6-8,10,14-15,17-18H2,1-5H3,(H,40,42)(H,44,45). The predicted molar refractivity (Wildman–Crippen MR) is 186 cm³/mol. The number of fused-ring (bicyclic) bond motifs is 3. The fourth-order valence-corrected chi connectivity index (χ4v) is 8.03. The molecule has 1 saturated heterocycles. The maximum absolute atomic E-state index is 14.2. The van der Waals surface area contributed by atoms with Crippen molar-refractivity contribution in [2.45, 2.75) is 96.2 Å². The predicted octanol–water partition coefficient (Wildman–Crippen LogP) is 7.00. The Morgan fingerprint density at radius 3 is 2.67 bits per heavy atom. The number of benzene rings is 1. The number of rotatable bonds is 6. The van der Waals surface area contributed by atoms with E-state index in [2.05, 4.69) is 19.2 Å². The van der Waals surface area contributed by atoms with Gasteiger partial charge in [-0.2, -0.15) is 0 Å². The van der Waals surface area contributed by atoms with Gasteiger partial charge in [-0.25, -0.2) is 14.8 Å². The molecule has 10 nitrogen and oxygen atoms in total. The lowest BCUT2D eigenvalue weighted by Crippen LogP contribution is -2.54. The van der Waals surface area contributed by atoms with Crippen molar-refractivity contribution >= 4 is 51.6 Å². The van der Waals surface area contributed by atoms with Crippen LogP contribution in [-0.2, 0) is 14.4 Å². The number of nitrogens with one attached hydrogen (secondary N) is 1. The number of halogens is 1. The summed E-state index contributed by atoms with van der Waals surface area (Å²) in [4.78, 5) is 51.8. The van der Waals surface area contributed by atoms with Crippen molar-refractivity contribution in [2.75, 3.05) is 13.7 Å². The van der Waals surface area contributed by atoms with E-state index in [1.807, 2.05) is 43.5 Å². The molecule has 4 atom stereocenters. The van der Waals surface area contributed by atoms with E-state index < -0.39 is 35.0 Å². The number of hydrogen-bond acceptors (Lipinski definition) is 8. The molecule has 2 fully saturated rings. The van der Waals surface area contributed by atoms with E-state index in [9.17, 15) is 19.5 Å². The number of amides is 2. The van der Waals surface area contributed by atoms with E-state index >= 15 is 0 Å². The first-order chi connectivity index (χ1) is 22.8. The van der Waals surface area contributed by atoms with Crippen molar-refractivity contribution in [2.24, 2.45) is 11.3 Å². The number of carbonyl (C=O) groups is 3. The van der Waals surface area contributed by atoms with Crippen molar-refractivity contribution in [3.63, 3.8) is 0 Å². The zero-order chi connectivity index (χ0) is 34.4. The molecule has 0 bridgehead atoms.